The van der Waals surface area contributed by atoms with E-state index in [0.717, 1.165) is 11.8 Å². The van der Waals surface area contributed by atoms with Gasteiger partial charge in [-0.3, -0.25) is 19.5 Å². The smallest absolute Gasteiger partial charge is 0.320 e. The normalized spacial score (nSPS) is 21.1. The van der Waals surface area contributed by atoms with Crippen LogP contribution >= 0.6 is 23.1 Å². The van der Waals surface area contributed by atoms with Crippen LogP contribution in [0.1, 0.15) is 36.0 Å². The molecule has 5 rings (SSSR count). The maximum atomic E-state index is 14.1. The van der Waals surface area contributed by atoms with Gasteiger partial charge in [-0.05, 0) is 37.8 Å². The van der Waals surface area contributed by atoms with Crippen LogP contribution in [0.5, 0.6) is 0 Å². The molecule has 1 aromatic carbocycles. The molecule has 1 unspecified atom stereocenters. The zero-order valence-corrected chi connectivity index (χ0v) is 25.1. The number of urea groups is 1. The number of thiazole rings is 1. The van der Waals surface area contributed by atoms with E-state index < -0.39 is 23.2 Å². The Labute approximate surface area is 251 Å². The number of amidine groups is 1. The summed E-state index contributed by atoms with van der Waals surface area (Å²) in [4.78, 5) is 53.1. The first-order chi connectivity index (χ1) is 20.0. The third kappa shape index (κ3) is 5.79. The molecular weight excluding hydrogens is 579 g/mol. The standard InChI is InChI=1S/C29H31FN6O4S2/c1-5-17-12-18(30)6-7-20(17)23-22(26(37)41-4)21(32-24(33-23)25-31-8-11-42-25)15-34-9-10-36-19(13-34)14-35(28(36)40)16-29(2,3)27(38)39/h1,6-8,11-12,19,23H,9-10,13-16H2,2-4H3,(H,32,33)(H,38,39)/t19-,23?/m0/s1. The van der Waals surface area contributed by atoms with Gasteiger partial charge >= 0.3 is 12.0 Å². The van der Waals surface area contributed by atoms with Crippen molar-refractivity contribution in [3.63, 3.8) is 0 Å². The second kappa shape index (κ2) is 11.9. The van der Waals surface area contributed by atoms with E-state index in [9.17, 15) is 23.9 Å². The first kappa shape index (κ1) is 29.8. The van der Waals surface area contributed by atoms with Crippen LogP contribution in [0.4, 0.5) is 9.18 Å². The summed E-state index contributed by atoms with van der Waals surface area (Å²) in [6.07, 6.45) is 9.12. The Kier molecular flexibility index (Phi) is 8.41. The van der Waals surface area contributed by atoms with E-state index in [2.05, 4.69) is 21.1 Å². The van der Waals surface area contributed by atoms with E-state index in [1.807, 2.05) is 5.38 Å². The van der Waals surface area contributed by atoms with E-state index in [1.54, 1.807) is 42.2 Å². The van der Waals surface area contributed by atoms with Crippen LogP contribution in [0.25, 0.3) is 0 Å². The zero-order chi connectivity index (χ0) is 30.2. The summed E-state index contributed by atoms with van der Waals surface area (Å²) in [6, 6.07) is 3.11. The minimum Gasteiger partial charge on any atom is -0.481 e. The monoisotopic (exact) mass is 610 g/mol. The van der Waals surface area contributed by atoms with Gasteiger partial charge in [0.25, 0.3) is 0 Å². The fourth-order valence-corrected chi connectivity index (χ4v) is 6.57. The van der Waals surface area contributed by atoms with Gasteiger partial charge in [-0.1, -0.05) is 23.7 Å². The van der Waals surface area contributed by atoms with Gasteiger partial charge in [0.05, 0.1) is 17.0 Å². The number of terminal acetylenes is 1. The highest BCUT2D eigenvalue weighted by molar-refractivity contribution is 8.13. The number of rotatable bonds is 8. The molecule has 0 spiro atoms. The number of carboxylic acid groups (broad SMARTS) is 1. The van der Waals surface area contributed by atoms with Gasteiger partial charge in [0.1, 0.15) is 11.9 Å². The number of halogens is 1. The quantitative estimate of drug-likeness (QED) is 0.438. The third-order valence-corrected chi connectivity index (χ3v) is 9.06. The zero-order valence-electron chi connectivity index (χ0n) is 23.5. The minimum absolute atomic E-state index is 0.118. The van der Waals surface area contributed by atoms with Crippen molar-refractivity contribution in [2.24, 2.45) is 10.4 Å². The summed E-state index contributed by atoms with van der Waals surface area (Å²) >= 11 is 2.46. The molecule has 2 amide bonds. The summed E-state index contributed by atoms with van der Waals surface area (Å²) < 4.78 is 14.1. The van der Waals surface area contributed by atoms with Gasteiger partial charge in [0, 0.05) is 62.1 Å². The lowest BCUT2D eigenvalue weighted by Gasteiger charge is -2.38. The second-order valence-corrected chi connectivity index (χ2v) is 12.7. The molecule has 0 saturated carbocycles. The van der Waals surface area contributed by atoms with E-state index in [4.69, 9.17) is 11.4 Å². The molecule has 42 heavy (non-hydrogen) atoms. The Morgan fingerprint density at radius 3 is 2.76 bits per heavy atom. The Hall–Kier alpha value is -3.73. The van der Waals surface area contributed by atoms with E-state index in [0.29, 0.717) is 66.0 Å². The summed E-state index contributed by atoms with van der Waals surface area (Å²) in [5, 5.41) is 15.2. The number of nitrogens with zero attached hydrogens (tertiary/aromatic N) is 5. The molecule has 2 saturated heterocycles. The lowest BCUT2D eigenvalue weighted by atomic mass is 9.92. The summed E-state index contributed by atoms with van der Waals surface area (Å²) in [5.74, 6) is 1.60. The molecule has 2 fully saturated rings. The van der Waals surface area contributed by atoms with Crippen LogP contribution in [0, 0.1) is 23.6 Å². The van der Waals surface area contributed by atoms with Crippen LogP contribution in [0.2, 0.25) is 0 Å². The number of benzene rings is 1. The Balaban J connectivity index is 1.46. The van der Waals surface area contributed by atoms with Gasteiger partial charge in [0.2, 0.25) is 5.12 Å². The molecule has 220 valence electrons. The number of fused-ring (bicyclic) bond motifs is 1. The van der Waals surface area contributed by atoms with Crippen molar-refractivity contribution in [3.8, 4) is 12.3 Å². The number of amides is 2. The van der Waals surface area contributed by atoms with Crippen LogP contribution in [-0.2, 0) is 9.59 Å². The van der Waals surface area contributed by atoms with Gasteiger partial charge in [-0.25, -0.2) is 14.2 Å². The number of aliphatic imine (C=N–C) groups is 1. The van der Waals surface area contributed by atoms with Crippen LogP contribution in [0.15, 0.2) is 46.0 Å². The number of carboxylic acids is 1. The number of aliphatic carboxylic acids is 1. The fourth-order valence-electron chi connectivity index (χ4n) is 5.52. The molecule has 0 aliphatic carbocycles. The van der Waals surface area contributed by atoms with Crippen molar-refractivity contribution in [1.29, 1.82) is 0 Å². The first-order valence-corrected chi connectivity index (χ1v) is 15.5. The number of piperazine rings is 1. The molecule has 1 aromatic heterocycles. The van der Waals surface area contributed by atoms with Gasteiger partial charge in [0.15, 0.2) is 10.8 Å². The van der Waals surface area contributed by atoms with Crippen molar-refractivity contribution >= 4 is 46.0 Å². The molecule has 2 N–H and O–H groups in total. The predicted octanol–water partition coefficient (Wildman–Crippen LogP) is 3.03. The predicted molar refractivity (Wildman–Crippen MR) is 160 cm³/mol. The van der Waals surface area contributed by atoms with Crippen molar-refractivity contribution in [2.75, 3.05) is 45.5 Å². The van der Waals surface area contributed by atoms with Crippen molar-refractivity contribution < 1.29 is 23.9 Å². The third-order valence-electron chi connectivity index (χ3n) is 7.69. The summed E-state index contributed by atoms with van der Waals surface area (Å²) in [5.41, 5.74) is 0.880. The lowest BCUT2D eigenvalue weighted by molar-refractivity contribution is -0.147. The molecule has 4 heterocycles. The minimum atomic E-state index is -1.06. The molecule has 10 nitrogen and oxygen atoms in total. The molecule has 2 aromatic rings. The van der Waals surface area contributed by atoms with Crippen molar-refractivity contribution in [3.05, 3.63) is 63.0 Å². The summed E-state index contributed by atoms with van der Waals surface area (Å²) in [6.45, 7) is 5.72. The molecule has 0 radical (unpaired) electrons. The van der Waals surface area contributed by atoms with Crippen molar-refractivity contribution in [1.82, 2.24) is 25.0 Å². The lowest BCUT2D eigenvalue weighted by Crippen LogP contribution is -2.53. The molecule has 0 bridgehead atoms. The van der Waals surface area contributed by atoms with Crippen molar-refractivity contribution in [2.45, 2.75) is 25.9 Å². The van der Waals surface area contributed by atoms with Crippen LogP contribution in [0.3, 0.4) is 0 Å². The number of hydrogen-bond donors (Lipinski definition) is 2. The van der Waals surface area contributed by atoms with Gasteiger partial charge < -0.3 is 20.2 Å². The number of nitrogens with one attached hydrogen (secondary N) is 1. The van der Waals surface area contributed by atoms with E-state index in [1.165, 1.54) is 23.5 Å². The van der Waals surface area contributed by atoms with E-state index >= 15 is 0 Å². The Morgan fingerprint density at radius 2 is 2.10 bits per heavy atom. The molecular formula is C29H31FN6O4S2. The Bertz CT molecular complexity index is 1520. The highest BCUT2D eigenvalue weighted by Gasteiger charge is 2.44. The Morgan fingerprint density at radius 1 is 1.31 bits per heavy atom. The molecule has 3 aliphatic rings. The maximum Gasteiger partial charge on any atom is 0.320 e. The van der Waals surface area contributed by atoms with Gasteiger partial charge in [-0.15, -0.1) is 17.8 Å². The van der Waals surface area contributed by atoms with Crippen LogP contribution < -0.4 is 5.32 Å². The summed E-state index contributed by atoms with van der Waals surface area (Å²) in [7, 11) is 0. The SMILES string of the molecule is C#Cc1cc(F)ccc1C1N=C(c2nccs2)NC(CN2CCN3C(=O)N(CC(C)(C)C(=O)O)C[C@@H]3C2)=C1C(=O)SC. The molecule has 2 atom stereocenters. The highest BCUT2D eigenvalue weighted by Crippen LogP contribution is 2.37. The largest absolute Gasteiger partial charge is 0.481 e. The number of aromatic nitrogens is 1. The first-order valence-electron chi connectivity index (χ1n) is 13.4. The average Bonchev–Trinajstić information content (AvgIpc) is 3.60. The number of carbonyl (C=O) groups is 3. The number of hydrogen-bond acceptors (Lipinski definition) is 9. The fraction of sp³-hybridized carbons (Fsp3) is 0.414. The van der Waals surface area contributed by atoms with Gasteiger partial charge in [-0.2, -0.15) is 0 Å². The number of carbonyl (C=O) groups excluding carboxylic acids is 2. The van der Waals surface area contributed by atoms with Crippen LogP contribution in [-0.4, -0.2) is 99.3 Å². The van der Waals surface area contributed by atoms with E-state index in [-0.39, 0.29) is 23.7 Å². The molecule has 13 heteroatoms. The second-order valence-electron chi connectivity index (χ2n) is 11.0. The highest BCUT2D eigenvalue weighted by atomic mass is 32.2. The topological polar surface area (TPSA) is 118 Å². The molecule has 3 aliphatic heterocycles. The average molecular weight is 611 g/mol. The maximum absolute atomic E-state index is 14.1. The number of thioether (sulfide) groups is 1.